The Bertz CT molecular complexity index is 1660. The molecule has 0 aliphatic carbocycles. The number of fused-ring (bicyclic) bond motifs is 1. The Morgan fingerprint density at radius 2 is 1.87 bits per heavy atom. The number of aromatic amines is 1. The van der Waals surface area contributed by atoms with E-state index in [-0.39, 0.29) is 34.2 Å². The average Bonchev–Trinajstić information content (AvgIpc) is 3.34. The number of anilines is 1. The van der Waals surface area contributed by atoms with Gasteiger partial charge in [0.15, 0.2) is 0 Å². The summed E-state index contributed by atoms with van der Waals surface area (Å²) in [5, 5.41) is 12.4. The molecule has 0 saturated carbocycles. The summed E-state index contributed by atoms with van der Waals surface area (Å²) in [5.74, 6) is -2.35. The van der Waals surface area contributed by atoms with Gasteiger partial charge in [-0.3, -0.25) is 14.9 Å². The molecule has 2 aromatic carbocycles. The van der Waals surface area contributed by atoms with Gasteiger partial charge in [-0.25, -0.2) is 13.8 Å². The lowest BCUT2D eigenvalue weighted by atomic mass is 9.93. The maximum absolute atomic E-state index is 15.2. The highest BCUT2D eigenvalue weighted by Crippen LogP contribution is 2.37. The fraction of sp³-hybridized carbons (Fsp3) is 0.154. The standard InChI is InChI=1S/C26H19F5N6O2/c1-12-22(25(38)35-20-7-14-11-33-37-19(14)10-18(20)28)23(16-4-3-15(9-17(16)27)26(29,30)31)36-24(34-12)13-5-6-32-21(8-13)39-2/h3-11,23H,1-2H3,(H,33,37)(H,34,36)(H,35,38). The summed E-state index contributed by atoms with van der Waals surface area (Å²) >= 11 is 0. The predicted molar refractivity (Wildman–Crippen MR) is 132 cm³/mol. The van der Waals surface area contributed by atoms with Crippen molar-refractivity contribution in [1.29, 1.82) is 0 Å². The van der Waals surface area contributed by atoms with Crippen molar-refractivity contribution in [2.75, 3.05) is 12.4 Å². The van der Waals surface area contributed by atoms with Crippen LogP contribution in [0.2, 0.25) is 0 Å². The van der Waals surface area contributed by atoms with Crippen LogP contribution in [0.25, 0.3) is 10.9 Å². The number of allylic oxidation sites excluding steroid dienone is 1. The minimum absolute atomic E-state index is 0.120. The van der Waals surface area contributed by atoms with Crippen molar-refractivity contribution in [3.05, 3.63) is 94.5 Å². The number of alkyl halides is 3. The van der Waals surface area contributed by atoms with Gasteiger partial charge >= 0.3 is 6.18 Å². The second-order valence-electron chi connectivity index (χ2n) is 8.61. The van der Waals surface area contributed by atoms with Crippen LogP contribution >= 0.6 is 0 Å². The quantitative estimate of drug-likeness (QED) is 0.298. The number of amides is 1. The number of pyridine rings is 1. The molecule has 1 aliphatic rings. The normalized spacial score (nSPS) is 15.7. The van der Waals surface area contributed by atoms with E-state index in [0.717, 1.165) is 12.1 Å². The van der Waals surface area contributed by atoms with Crippen molar-refractivity contribution < 1.29 is 31.5 Å². The summed E-state index contributed by atoms with van der Waals surface area (Å²) in [6.45, 7) is 1.52. The molecule has 0 radical (unpaired) electrons. The molecule has 200 valence electrons. The summed E-state index contributed by atoms with van der Waals surface area (Å²) in [7, 11) is 1.41. The first kappa shape index (κ1) is 25.8. The number of hydrogen-bond donors (Lipinski definition) is 3. The molecule has 0 spiro atoms. The molecule has 4 aromatic rings. The molecule has 3 heterocycles. The van der Waals surface area contributed by atoms with E-state index in [4.69, 9.17) is 4.74 Å². The summed E-state index contributed by atoms with van der Waals surface area (Å²) < 4.78 is 74.6. The molecular formula is C26H19F5N6O2. The van der Waals surface area contributed by atoms with Gasteiger partial charge < -0.3 is 15.4 Å². The Morgan fingerprint density at radius 1 is 1.08 bits per heavy atom. The molecule has 3 N–H and O–H groups in total. The largest absolute Gasteiger partial charge is 0.481 e. The molecule has 13 heteroatoms. The van der Waals surface area contributed by atoms with Crippen molar-refractivity contribution in [3.63, 3.8) is 0 Å². The Kier molecular flexibility index (Phi) is 6.50. The van der Waals surface area contributed by atoms with Crippen LogP contribution in [-0.2, 0) is 11.0 Å². The maximum atomic E-state index is 15.2. The number of amidine groups is 1. The SMILES string of the molecule is COc1cc(C2=NC(c3ccc(C(F)(F)F)cc3F)C(C(=O)Nc3cc4cn[nH]c4cc3F)=C(C)N2)ccn1. The fourth-order valence-electron chi connectivity index (χ4n) is 4.19. The van der Waals surface area contributed by atoms with Crippen LogP contribution in [0.1, 0.15) is 29.7 Å². The number of aromatic nitrogens is 3. The number of nitrogens with zero attached hydrogens (tertiary/aromatic N) is 3. The van der Waals surface area contributed by atoms with Gasteiger partial charge in [0.25, 0.3) is 5.91 Å². The lowest BCUT2D eigenvalue weighted by molar-refractivity contribution is -0.137. The van der Waals surface area contributed by atoms with E-state index >= 15 is 4.39 Å². The monoisotopic (exact) mass is 542 g/mol. The van der Waals surface area contributed by atoms with E-state index < -0.39 is 35.3 Å². The topological polar surface area (TPSA) is 104 Å². The van der Waals surface area contributed by atoms with Crippen molar-refractivity contribution in [2.45, 2.75) is 19.1 Å². The number of carbonyl (C=O) groups is 1. The van der Waals surface area contributed by atoms with Gasteiger partial charge in [0.2, 0.25) is 5.88 Å². The second-order valence-corrected chi connectivity index (χ2v) is 8.61. The van der Waals surface area contributed by atoms with E-state index in [2.05, 4.69) is 30.8 Å². The zero-order valence-electron chi connectivity index (χ0n) is 20.3. The molecule has 8 nitrogen and oxygen atoms in total. The molecule has 0 fully saturated rings. The third kappa shape index (κ3) is 5.02. The first-order valence-electron chi connectivity index (χ1n) is 11.4. The number of rotatable bonds is 5. The molecular weight excluding hydrogens is 523 g/mol. The Hall–Kier alpha value is -4.81. The molecule has 1 unspecified atom stereocenters. The summed E-state index contributed by atoms with van der Waals surface area (Å²) in [6.07, 6.45) is -1.88. The molecule has 0 bridgehead atoms. The fourth-order valence-corrected chi connectivity index (χ4v) is 4.19. The van der Waals surface area contributed by atoms with Crippen LogP contribution in [0.15, 0.2) is 71.1 Å². The van der Waals surface area contributed by atoms with Gasteiger partial charge in [-0.1, -0.05) is 6.07 Å². The Morgan fingerprint density at radius 3 is 2.59 bits per heavy atom. The number of methoxy groups -OCH3 is 1. The molecule has 39 heavy (non-hydrogen) atoms. The third-order valence-electron chi connectivity index (χ3n) is 6.10. The number of H-pyrrole nitrogens is 1. The minimum atomic E-state index is -4.77. The van der Waals surface area contributed by atoms with Crippen molar-refractivity contribution in [2.24, 2.45) is 4.99 Å². The number of carbonyl (C=O) groups excluding carboxylic acids is 1. The van der Waals surface area contributed by atoms with E-state index in [1.165, 1.54) is 32.5 Å². The maximum Gasteiger partial charge on any atom is 0.416 e. The third-order valence-corrected chi connectivity index (χ3v) is 6.10. The highest BCUT2D eigenvalue weighted by molar-refractivity contribution is 6.09. The summed E-state index contributed by atoms with van der Waals surface area (Å²) in [4.78, 5) is 22.0. The Balaban J connectivity index is 1.59. The summed E-state index contributed by atoms with van der Waals surface area (Å²) in [6, 6.07) is 6.26. The smallest absolute Gasteiger partial charge is 0.416 e. The van der Waals surface area contributed by atoms with Gasteiger partial charge in [-0.2, -0.15) is 18.3 Å². The highest BCUT2D eigenvalue weighted by atomic mass is 19.4. The lowest BCUT2D eigenvalue weighted by Crippen LogP contribution is -2.34. The number of benzene rings is 2. The van der Waals surface area contributed by atoms with Crippen LogP contribution in [0.5, 0.6) is 5.88 Å². The lowest BCUT2D eigenvalue weighted by Gasteiger charge is -2.27. The first-order valence-corrected chi connectivity index (χ1v) is 11.4. The van der Waals surface area contributed by atoms with Crippen molar-refractivity contribution in [1.82, 2.24) is 20.5 Å². The number of hydrogen-bond acceptors (Lipinski definition) is 6. The molecule has 1 amide bonds. The number of halogens is 5. The van der Waals surface area contributed by atoms with Crippen molar-refractivity contribution in [3.8, 4) is 5.88 Å². The number of aliphatic imine (C=N–C) groups is 1. The predicted octanol–water partition coefficient (Wildman–Crippen LogP) is 5.27. The van der Waals surface area contributed by atoms with Crippen LogP contribution in [-0.4, -0.2) is 34.0 Å². The molecule has 1 atom stereocenters. The highest BCUT2D eigenvalue weighted by Gasteiger charge is 2.35. The minimum Gasteiger partial charge on any atom is -0.481 e. The van der Waals surface area contributed by atoms with E-state index in [9.17, 15) is 22.4 Å². The van der Waals surface area contributed by atoms with Crippen LogP contribution in [0, 0.1) is 11.6 Å². The molecule has 0 saturated heterocycles. The number of nitrogens with one attached hydrogen (secondary N) is 3. The second kappa shape index (κ2) is 9.82. The summed E-state index contributed by atoms with van der Waals surface area (Å²) in [5.41, 5.74) is -0.662. The van der Waals surface area contributed by atoms with Gasteiger partial charge in [-0.05, 0) is 31.2 Å². The Labute approximate surface area is 217 Å². The van der Waals surface area contributed by atoms with Gasteiger partial charge in [0.05, 0.1) is 35.6 Å². The zero-order chi connectivity index (χ0) is 27.9. The van der Waals surface area contributed by atoms with Crippen LogP contribution < -0.4 is 15.4 Å². The number of ether oxygens (including phenoxy) is 1. The molecule has 1 aliphatic heterocycles. The van der Waals surface area contributed by atoms with Gasteiger partial charge in [-0.15, -0.1) is 0 Å². The van der Waals surface area contributed by atoms with Crippen molar-refractivity contribution >= 4 is 28.3 Å². The van der Waals surface area contributed by atoms with Crippen LogP contribution in [0.3, 0.4) is 0 Å². The van der Waals surface area contributed by atoms with Gasteiger partial charge in [0.1, 0.15) is 23.5 Å². The molecule has 2 aromatic heterocycles. The van der Waals surface area contributed by atoms with E-state index in [0.29, 0.717) is 28.6 Å². The van der Waals surface area contributed by atoms with Crippen LogP contribution in [0.4, 0.5) is 27.6 Å². The molecule has 5 rings (SSSR count). The first-order chi connectivity index (χ1) is 18.5. The van der Waals surface area contributed by atoms with Gasteiger partial charge in [0, 0.05) is 40.5 Å². The average molecular weight is 542 g/mol. The van der Waals surface area contributed by atoms with E-state index in [1.54, 1.807) is 12.1 Å². The van der Waals surface area contributed by atoms with E-state index in [1.807, 2.05) is 0 Å². The zero-order valence-corrected chi connectivity index (χ0v) is 20.3.